The van der Waals surface area contributed by atoms with E-state index in [1.54, 1.807) is 18.0 Å². The second-order valence-corrected chi connectivity index (χ2v) is 3.72. The summed E-state index contributed by atoms with van der Waals surface area (Å²) in [6, 6.07) is 1.54. The topological polar surface area (TPSA) is 59.2 Å². The first-order valence-electron chi connectivity index (χ1n) is 4.72. The molecule has 0 bridgehead atoms. The lowest BCUT2D eigenvalue weighted by atomic mass is 10.2. The zero-order valence-electron chi connectivity index (χ0n) is 8.83. The third-order valence-corrected chi connectivity index (χ3v) is 2.33. The minimum atomic E-state index is -0.0914. The van der Waals surface area contributed by atoms with Gasteiger partial charge in [0.1, 0.15) is 5.82 Å². The number of rotatable bonds is 3. The Morgan fingerprint density at radius 3 is 2.87 bits per heavy atom. The summed E-state index contributed by atoms with van der Waals surface area (Å²) in [6.45, 7) is 2.72. The molecule has 2 N–H and O–H groups in total. The van der Waals surface area contributed by atoms with E-state index in [-0.39, 0.29) is 11.7 Å². The molecule has 4 nitrogen and oxygen atoms in total. The summed E-state index contributed by atoms with van der Waals surface area (Å²) >= 11 is 5.78. The summed E-state index contributed by atoms with van der Waals surface area (Å²) in [7, 11) is 1.75. The van der Waals surface area contributed by atoms with Crippen LogP contribution in [0.3, 0.4) is 0 Å². The average molecular weight is 228 g/mol. The largest absolute Gasteiger partial charge is 0.382 e. The molecule has 0 aliphatic carbocycles. The molecule has 1 aromatic rings. The van der Waals surface area contributed by atoms with Gasteiger partial charge in [0, 0.05) is 19.8 Å². The number of nitrogen functional groups attached to an aromatic ring is 1. The zero-order valence-corrected chi connectivity index (χ0v) is 9.58. The van der Waals surface area contributed by atoms with Crippen molar-refractivity contribution < 1.29 is 4.79 Å². The van der Waals surface area contributed by atoms with Gasteiger partial charge in [0.2, 0.25) is 0 Å². The van der Waals surface area contributed by atoms with Crippen LogP contribution >= 0.6 is 11.6 Å². The molecule has 1 amide bonds. The fourth-order valence-corrected chi connectivity index (χ4v) is 1.39. The van der Waals surface area contributed by atoms with Gasteiger partial charge in [0.25, 0.3) is 5.91 Å². The van der Waals surface area contributed by atoms with E-state index >= 15 is 0 Å². The number of anilines is 1. The van der Waals surface area contributed by atoms with E-state index in [0.29, 0.717) is 17.1 Å². The first kappa shape index (κ1) is 11.8. The predicted molar refractivity (Wildman–Crippen MR) is 60.9 cm³/mol. The number of hydrogen-bond donors (Lipinski definition) is 1. The molecule has 1 rings (SSSR count). The quantitative estimate of drug-likeness (QED) is 0.857. The van der Waals surface area contributed by atoms with E-state index in [0.717, 1.165) is 6.42 Å². The first-order chi connectivity index (χ1) is 7.06. The van der Waals surface area contributed by atoms with Crippen LogP contribution in [-0.2, 0) is 0 Å². The van der Waals surface area contributed by atoms with Gasteiger partial charge in [-0.15, -0.1) is 0 Å². The van der Waals surface area contributed by atoms with Gasteiger partial charge in [-0.25, -0.2) is 4.98 Å². The molecule has 0 fully saturated rings. The number of pyridine rings is 1. The highest BCUT2D eigenvalue weighted by molar-refractivity contribution is 6.33. The number of nitrogens with two attached hydrogens (primary N) is 1. The molecular weight excluding hydrogens is 214 g/mol. The van der Waals surface area contributed by atoms with Gasteiger partial charge in [-0.05, 0) is 12.5 Å². The number of amides is 1. The summed E-state index contributed by atoms with van der Waals surface area (Å²) in [6.07, 6.45) is 2.36. The maximum atomic E-state index is 11.8. The molecule has 1 aromatic heterocycles. The Morgan fingerprint density at radius 1 is 1.67 bits per heavy atom. The van der Waals surface area contributed by atoms with Crippen LogP contribution in [0, 0.1) is 0 Å². The number of aromatic nitrogens is 1. The van der Waals surface area contributed by atoms with Gasteiger partial charge in [-0.3, -0.25) is 4.79 Å². The van der Waals surface area contributed by atoms with Gasteiger partial charge >= 0.3 is 0 Å². The second kappa shape index (κ2) is 4.98. The van der Waals surface area contributed by atoms with E-state index in [1.807, 2.05) is 6.92 Å². The van der Waals surface area contributed by atoms with Crippen molar-refractivity contribution in [2.24, 2.45) is 0 Å². The standard InChI is InChI=1S/C10H14ClN3O/c1-3-4-14(2)10(15)7-5-8(11)9(12)13-6-7/h5-6H,3-4H2,1-2H3,(H2,12,13). The molecule has 0 atom stereocenters. The van der Waals surface area contributed by atoms with Gasteiger partial charge in [0.05, 0.1) is 10.6 Å². The second-order valence-electron chi connectivity index (χ2n) is 3.32. The van der Waals surface area contributed by atoms with E-state index in [2.05, 4.69) is 4.98 Å². The summed E-state index contributed by atoms with van der Waals surface area (Å²) in [5.74, 6) is 0.151. The van der Waals surface area contributed by atoms with Crippen molar-refractivity contribution in [2.75, 3.05) is 19.3 Å². The number of carbonyl (C=O) groups excluding carboxylic acids is 1. The van der Waals surface area contributed by atoms with Gasteiger partial charge in [-0.1, -0.05) is 18.5 Å². The van der Waals surface area contributed by atoms with E-state index in [1.165, 1.54) is 6.20 Å². The lowest BCUT2D eigenvalue weighted by molar-refractivity contribution is 0.0795. The highest BCUT2D eigenvalue weighted by Crippen LogP contribution is 2.17. The van der Waals surface area contributed by atoms with Crippen LogP contribution in [-0.4, -0.2) is 29.4 Å². The molecule has 0 aliphatic rings. The lowest BCUT2D eigenvalue weighted by Crippen LogP contribution is -2.27. The van der Waals surface area contributed by atoms with Crippen LogP contribution in [0.2, 0.25) is 5.02 Å². The van der Waals surface area contributed by atoms with E-state index < -0.39 is 0 Å². The summed E-state index contributed by atoms with van der Waals surface area (Å²) in [5, 5.41) is 0.311. The van der Waals surface area contributed by atoms with Gasteiger partial charge in [-0.2, -0.15) is 0 Å². The fourth-order valence-electron chi connectivity index (χ4n) is 1.22. The highest BCUT2D eigenvalue weighted by Gasteiger charge is 2.12. The van der Waals surface area contributed by atoms with Crippen molar-refractivity contribution in [3.8, 4) is 0 Å². The van der Waals surface area contributed by atoms with Crippen LogP contribution in [0.4, 0.5) is 5.82 Å². The van der Waals surface area contributed by atoms with E-state index in [9.17, 15) is 4.79 Å². The normalized spacial score (nSPS) is 10.1. The Hall–Kier alpha value is -1.29. The minimum absolute atomic E-state index is 0.0914. The van der Waals surface area contributed by atoms with Crippen LogP contribution in [0.25, 0.3) is 0 Å². The predicted octanol–water partition coefficient (Wildman–Crippen LogP) is 1.80. The van der Waals surface area contributed by atoms with Crippen LogP contribution in [0.1, 0.15) is 23.7 Å². The Labute approximate surface area is 94.0 Å². The molecule has 0 spiro atoms. The highest BCUT2D eigenvalue weighted by atomic mass is 35.5. The van der Waals surface area contributed by atoms with Crippen LogP contribution in [0.15, 0.2) is 12.3 Å². The Balaban J connectivity index is 2.87. The van der Waals surface area contributed by atoms with Gasteiger partial charge in [0.15, 0.2) is 0 Å². The van der Waals surface area contributed by atoms with Crippen molar-refractivity contribution in [1.29, 1.82) is 0 Å². The molecule has 1 heterocycles. The third kappa shape index (κ3) is 2.83. The number of hydrogen-bond acceptors (Lipinski definition) is 3. The average Bonchev–Trinajstić information content (AvgIpc) is 2.21. The summed E-state index contributed by atoms with van der Waals surface area (Å²) < 4.78 is 0. The molecular formula is C10H14ClN3O. The van der Waals surface area contributed by atoms with Gasteiger partial charge < -0.3 is 10.6 Å². The van der Waals surface area contributed by atoms with Crippen molar-refractivity contribution in [2.45, 2.75) is 13.3 Å². The lowest BCUT2D eigenvalue weighted by Gasteiger charge is -2.15. The molecule has 0 saturated carbocycles. The number of nitrogens with zero attached hydrogens (tertiary/aromatic N) is 2. The van der Waals surface area contributed by atoms with Crippen molar-refractivity contribution in [3.63, 3.8) is 0 Å². The molecule has 5 heteroatoms. The molecule has 15 heavy (non-hydrogen) atoms. The van der Waals surface area contributed by atoms with Crippen molar-refractivity contribution in [3.05, 3.63) is 22.8 Å². The summed E-state index contributed by atoms with van der Waals surface area (Å²) in [4.78, 5) is 17.3. The molecule has 0 unspecified atom stereocenters. The number of halogens is 1. The molecule has 0 aromatic carbocycles. The molecule has 0 radical (unpaired) electrons. The van der Waals surface area contributed by atoms with Crippen molar-refractivity contribution in [1.82, 2.24) is 9.88 Å². The summed E-state index contributed by atoms with van der Waals surface area (Å²) in [5.41, 5.74) is 5.92. The maximum Gasteiger partial charge on any atom is 0.255 e. The monoisotopic (exact) mass is 227 g/mol. The Kier molecular flexibility index (Phi) is 3.91. The Morgan fingerprint density at radius 2 is 2.33 bits per heavy atom. The molecule has 0 aliphatic heterocycles. The third-order valence-electron chi connectivity index (χ3n) is 2.02. The molecule has 0 saturated heterocycles. The first-order valence-corrected chi connectivity index (χ1v) is 5.10. The number of carbonyl (C=O) groups is 1. The van der Waals surface area contributed by atoms with Crippen LogP contribution < -0.4 is 5.73 Å². The smallest absolute Gasteiger partial charge is 0.255 e. The maximum absolute atomic E-state index is 11.8. The van der Waals surface area contributed by atoms with Crippen molar-refractivity contribution >= 4 is 23.3 Å². The molecule has 82 valence electrons. The fraction of sp³-hybridized carbons (Fsp3) is 0.400. The minimum Gasteiger partial charge on any atom is -0.382 e. The zero-order chi connectivity index (χ0) is 11.4. The Bertz CT molecular complexity index is 368. The van der Waals surface area contributed by atoms with Crippen LogP contribution in [0.5, 0.6) is 0 Å². The van der Waals surface area contributed by atoms with E-state index in [4.69, 9.17) is 17.3 Å². The SMILES string of the molecule is CCCN(C)C(=O)c1cnc(N)c(Cl)c1.